The summed E-state index contributed by atoms with van der Waals surface area (Å²) in [5, 5.41) is -0.154. The zero-order valence-electron chi connectivity index (χ0n) is 6.64. The van der Waals surface area contributed by atoms with Gasteiger partial charge in [0.05, 0.1) is 10.6 Å². The van der Waals surface area contributed by atoms with Crippen LogP contribution in [0.4, 0.5) is 13.2 Å². The molecule has 1 rings (SSSR count). The molecule has 0 fully saturated rings. The molecule has 1 aromatic carbocycles. The average Bonchev–Trinajstić information content (AvgIpc) is 2.10. The van der Waals surface area contributed by atoms with Crippen LogP contribution in [0.15, 0.2) is 12.1 Å². The van der Waals surface area contributed by atoms with E-state index in [-0.39, 0.29) is 11.3 Å². The van der Waals surface area contributed by atoms with Gasteiger partial charge in [0, 0.05) is 0 Å². The second-order valence-electron chi connectivity index (χ2n) is 2.27. The summed E-state index contributed by atoms with van der Waals surface area (Å²) in [5.74, 6) is -1.89. The van der Waals surface area contributed by atoms with E-state index < -0.39 is 23.7 Å². The first-order valence-corrected chi connectivity index (χ1v) is 3.82. The van der Waals surface area contributed by atoms with E-state index in [9.17, 15) is 18.0 Å². The summed E-state index contributed by atoms with van der Waals surface area (Å²) in [6.07, 6.45) is 0.135. The van der Waals surface area contributed by atoms with Crippen molar-refractivity contribution in [1.82, 2.24) is 0 Å². The molecule has 2 nitrogen and oxygen atoms in total. The summed E-state index contributed by atoms with van der Waals surface area (Å²) in [6.45, 7) is -3.15. The molecule has 0 saturated heterocycles. The molecular weight excluding hydrogens is 221 g/mol. The predicted octanol–water partition coefficient (Wildman–Crippen LogP) is 2.89. The number of ether oxygens (including phenoxy) is 1. The number of alkyl halides is 2. The van der Waals surface area contributed by atoms with Crippen LogP contribution in [0.2, 0.25) is 5.02 Å². The Bertz CT molecular complexity index is 355. The second kappa shape index (κ2) is 4.32. The average molecular weight is 225 g/mol. The van der Waals surface area contributed by atoms with Crippen molar-refractivity contribution in [2.75, 3.05) is 0 Å². The standard InChI is InChI=1S/C8H4ClF3O2/c9-5-1-2-6(14-8(11)12)7(10)4(5)3-13/h1-3,8H. The summed E-state index contributed by atoms with van der Waals surface area (Å²) < 4.78 is 40.4. The highest BCUT2D eigenvalue weighted by Crippen LogP contribution is 2.26. The number of aldehydes is 1. The van der Waals surface area contributed by atoms with Crippen LogP contribution in [-0.2, 0) is 0 Å². The third-order valence-corrected chi connectivity index (χ3v) is 1.75. The molecule has 0 amide bonds. The van der Waals surface area contributed by atoms with Crippen LogP contribution in [0.1, 0.15) is 10.4 Å². The fraction of sp³-hybridized carbons (Fsp3) is 0.125. The van der Waals surface area contributed by atoms with Crippen molar-refractivity contribution in [2.45, 2.75) is 6.61 Å². The Labute approximate surface area is 82.2 Å². The van der Waals surface area contributed by atoms with E-state index >= 15 is 0 Å². The van der Waals surface area contributed by atoms with Gasteiger partial charge >= 0.3 is 6.61 Å². The van der Waals surface area contributed by atoms with E-state index in [2.05, 4.69) is 4.74 Å². The highest BCUT2D eigenvalue weighted by Gasteiger charge is 2.15. The molecule has 0 aliphatic carbocycles. The van der Waals surface area contributed by atoms with E-state index in [0.717, 1.165) is 12.1 Å². The van der Waals surface area contributed by atoms with Gasteiger partial charge in [-0.05, 0) is 12.1 Å². The zero-order chi connectivity index (χ0) is 10.7. The van der Waals surface area contributed by atoms with Gasteiger partial charge in [-0.1, -0.05) is 11.6 Å². The predicted molar refractivity (Wildman–Crippen MR) is 43.4 cm³/mol. The fourth-order valence-corrected chi connectivity index (χ4v) is 1.03. The topological polar surface area (TPSA) is 26.3 Å². The maximum Gasteiger partial charge on any atom is 0.387 e. The van der Waals surface area contributed by atoms with Gasteiger partial charge in [0.25, 0.3) is 0 Å². The van der Waals surface area contributed by atoms with Crippen molar-refractivity contribution >= 4 is 17.9 Å². The number of benzene rings is 1. The first kappa shape index (κ1) is 10.8. The summed E-state index contributed by atoms with van der Waals surface area (Å²) in [4.78, 5) is 10.3. The summed E-state index contributed by atoms with van der Waals surface area (Å²) in [7, 11) is 0. The molecule has 0 aromatic heterocycles. The summed E-state index contributed by atoms with van der Waals surface area (Å²) in [5.41, 5.74) is -0.496. The van der Waals surface area contributed by atoms with Gasteiger partial charge in [-0.25, -0.2) is 4.39 Å². The lowest BCUT2D eigenvalue weighted by Crippen LogP contribution is -2.05. The molecule has 0 unspecified atom stereocenters. The van der Waals surface area contributed by atoms with Gasteiger partial charge in [0.2, 0.25) is 0 Å². The van der Waals surface area contributed by atoms with Crippen LogP contribution >= 0.6 is 11.6 Å². The van der Waals surface area contributed by atoms with E-state index in [1.807, 2.05) is 0 Å². The highest BCUT2D eigenvalue weighted by molar-refractivity contribution is 6.33. The normalized spacial score (nSPS) is 10.4. The van der Waals surface area contributed by atoms with Gasteiger partial charge in [0.15, 0.2) is 17.9 Å². The van der Waals surface area contributed by atoms with Crippen molar-refractivity contribution in [2.24, 2.45) is 0 Å². The van der Waals surface area contributed by atoms with Crippen LogP contribution in [0.25, 0.3) is 0 Å². The Balaban J connectivity index is 3.14. The number of rotatable bonds is 3. The minimum Gasteiger partial charge on any atom is -0.432 e. The van der Waals surface area contributed by atoms with Crippen molar-refractivity contribution in [3.63, 3.8) is 0 Å². The lowest BCUT2D eigenvalue weighted by molar-refractivity contribution is -0.0522. The molecular formula is C8H4ClF3O2. The third kappa shape index (κ3) is 2.17. The summed E-state index contributed by atoms with van der Waals surface area (Å²) in [6, 6.07) is 2.03. The fourth-order valence-electron chi connectivity index (χ4n) is 0.844. The van der Waals surface area contributed by atoms with Gasteiger partial charge in [-0.3, -0.25) is 4.79 Å². The minimum absolute atomic E-state index is 0.135. The van der Waals surface area contributed by atoms with Crippen molar-refractivity contribution < 1.29 is 22.7 Å². The lowest BCUT2D eigenvalue weighted by Gasteiger charge is -2.07. The molecule has 0 N–H and O–H groups in total. The molecule has 76 valence electrons. The van der Waals surface area contributed by atoms with Gasteiger partial charge in [-0.2, -0.15) is 8.78 Å². The molecule has 0 bridgehead atoms. The second-order valence-corrected chi connectivity index (χ2v) is 2.68. The van der Waals surface area contributed by atoms with E-state index in [1.54, 1.807) is 0 Å². The smallest absolute Gasteiger partial charge is 0.387 e. The van der Waals surface area contributed by atoms with Crippen molar-refractivity contribution in [3.8, 4) is 5.75 Å². The van der Waals surface area contributed by atoms with E-state index in [0.29, 0.717) is 0 Å². The van der Waals surface area contributed by atoms with Crippen molar-refractivity contribution in [1.29, 1.82) is 0 Å². The molecule has 0 spiro atoms. The van der Waals surface area contributed by atoms with Crippen molar-refractivity contribution in [3.05, 3.63) is 28.5 Å². The van der Waals surface area contributed by atoms with Crippen LogP contribution in [-0.4, -0.2) is 12.9 Å². The molecule has 0 saturated carbocycles. The zero-order valence-corrected chi connectivity index (χ0v) is 7.39. The van der Waals surface area contributed by atoms with E-state index in [4.69, 9.17) is 11.6 Å². The number of hydrogen-bond acceptors (Lipinski definition) is 2. The molecule has 0 aliphatic rings. The lowest BCUT2D eigenvalue weighted by atomic mass is 10.2. The molecule has 0 atom stereocenters. The third-order valence-electron chi connectivity index (χ3n) is 1.43. The molecule has 1 aromatic rings. The Kier molecular flexibility index (Phi) is 3.35. The molecule has 0 radical (unpaired) electrons. The largest absolute Gasteiger partial charge is 0.432 e. The number of carbonyl (C=O) groups excluding carboxylic acids is 1. The van der Waals surface area contributed by atoms with Gasteiger partial charge in [-0.15, -0.1) is 0 Å². The van der Waals surface area contributed by atoms with Crippen LogP contribution < -0.4 is 4.74 Å². The monoisotopic (exact) mass is 224 g/mol. The van der Waals surface area contributed by atoms with E-state index in [1.165, 1.54) is 0 Å². The van der Waals surface area contributed by atoms with Crippen LogP contribution in [0.5, 0.6) is 5.75 Å². The number of carbonyl (C=O) groups is 1. The SMILES string of the molecule is O=Cc1c(Cl)ccc(OC(F)F)c1F. The Morgan fingerprint density at radius 1 is 1.43 bits per heavy atom. The van der Waals surface area contributed by atoms with Gasteiger partial charge in [0.1, 0.15) is 0 Å². The molecule has 6 heteroatoms. The molecule has 0 aliphatic heterocycles. The highest BCUT2D eigenvalue weighted by atomic mass is 35.5. The Morgan fingerprint density at radius 2 is 2.07 bits per heavy atom. The van der Waals surface area contributed by atoms with Gasteiger partial charge < -0.3 is 4.74 Å². The van der Waals surface area contributed by atoms with Crippen LogP contribution in [0.3, 0.4) is 0 Å². The molecule has 0 heterocycles. The maximum atomic E-state index is 13.1. The number of halogens is 4. The summed E-state index contributed by atoms with van der Waals surface area (Å²) >= 11 is 5.42. The van der Waals surface area contributed by atoms with Crippen LogP contribution in [0, 0.1) is 5.82 Å². The first-order chi connectivity index (χ1) is 6.56. The first-order valence-electron chi connectivity index (χ1n) is 3.44. The number of hydrogen-bond donors (Lipinski definition) is 0. The molecule has 14 heavy (non-hydrogen) atoms. The Morgan fingerprint density at radius 3 is 2.57 bits per heavy atom. The maximum absolute atomic E-state index is 13.1. The quantitative estimate of drug-likeness (QED) is 0.738. The minimum atomic E-state index is -3.15. The Hall–Kier alpha value is -1.23.